The molecule has 0 aliphatic rings. The molecule has 0 aliphatic carbocycles. The first-order valence-corrected chi connectivity index (χ1v) is 5.89. The lowest BCUT2D eigenvalue weighted by Crippen LogP contribution is -2.22. The van der Waals surface area contributed by atoms with Crippen LogP contribution in [0.2, 0.25) is 0 Å². The summed E-state index contributed by atoms with van der Waals surface area (Å²) in [6, 6.07) is 1.76. The van der Waals surface area contributed by atoms with E-state index in [9.17, 15) is 9.59 Å². The summed E-state index contributed by atoms with van der Waals surface area (Å²) in [7, 11) is 1.47. The van der Waals surface area contributed by atoms with Gasteiger partial charge in [0.15, 0.2) is 0 Å². The zero-order chi connectivity index (χ0) is 13.5. The van der Waals surface area contributed by atoms with E-state index in [1.54, 1.807) is 6.92 Å². The molecule has 0 radical (unpaired) electrons. The lowest BCUT2D eigenvalue weighted by Gasteiger charge is -2.10. The van der Waals surface area contributed by atoms with Crippen molar-refractivity contribution in [2.75, 3.05) is 7.11 Å². The molecule has 0 amide bonds. The van der Waals surface area contributed by atoms with Crippen molar-refractivity contribution in [3.8, 4) is 6.01 Å². The van der Waals surface area contributed by atoms with Gasteiger partial charge < -0.3 is 9.84 Å². The van der Waals surface area contributed by atoms with E-state index in [4.69, 9.17) is 9.84 Å². The van der Waals surface area contributed by atoms with E-state index in [0.29, 0.717) is 24.7 Å². The van der Waals surface area contributed by atoms with E-state index < -0.39 is 5.97 Å². The Hall–Kier alpha value is -1.85. The lowest BCUT2D eigenvalue weighted by molar-refractivity contribution is -0.137. The van der Waals surface area contributed by atoms with Gasteiger partial charge in [0, 0.05) is 24.7 Å². The summed E-state index contributed by atoms with van der Waals surface area (Å²) in [6.07, 6.45) is 2.27. The number of aliphatic carboxylic acids is 1. The average molecular weight is 254 g/mol. The van der Waals surface area contributed by atoms with Crippen LogP contribution in [0.3, 0.4) is 0 Å². The third kappa shape index (κ3) is 4.20. The topological polar surface area (TPSA) is 81.4 Å². The van der Waals surface area contributed by atoms with Gasteiger partial charge in [-0.05, 0) is 19.8 Å². The van der Waals surface area contributed by atoms with Crippen LogP contribution in [0.25, 0.3) is 0 Å². The molecule has 0 aromatic carbocycles. The van der Waals surface area contributed by atoms with Gasteiger partial charge in [-0.25, -0.2) is 4.98 Å². The molecule has 1 rings (SSSR count). The summed E-state index contributed by atoms with van der Waals surface area (Å²) in [5.41, 5.74) is 0.483. The van der Waals surface area contributed by atoms with E-state index in [-0.39, 0.29) is 12.0 Å². The van der Waals surface area contributed by atoms with E-state index in [2.05, 4.69) is 4.98 Å². The number of unbranched alkanes of at least 4 members (excludes halogenated alkanes) is 2. The van der Waals surface area contributed by atoms with Crippen molar-refractivity contribution >= 4 is 5.97 Å². The van der Waals surface area contributed by atoms with E-state index in [1.165, 1.54) is 17.7 Å². The molecule has 0 unspecified atom stereocenters. The Bertz CT molecular complexity index is 468. The van der Waals surface area contributed by atoms with Crippen LogP contribution in [0, 0.1) is 6.92 Å². The molecule has 0 bridgehead atoms. The Morgan fingerprint density at radius 1 is 1.44 bits per heavy atom. The van der Waals surface area contributed by atoms with Gasteiger partial charge in [-0.2, -0.15) is 0 Å². The van der Waals surface area contributed by atoms with Crippen LogP contribution < -0.4 is 10.3 Å². The molecule has 1 aromatic heterocycles. The smallest absolute Gasteiger partial charge is 0.303 e. The van der Waals surface area contributed by atoms with Crippen molar-refractivity contribution in [3.05, 3.63) is 22.1 Å². The number of methoxy groups -OCH3 is 1. The summed E-state index contributed by atoms with van der Waals surface area (Å²) >= 11 is 0. The van der Waals surface area contributed by atoms with Gasteiger partial charge in [-0.3, -0.25) is 14.2 Å². The molecule has 18 heavy (non-hydrogen) atoms. The lowest BCUT2D eigenvalue weighted by atomic mass is 10.2. The second-order valence-corrected chi connectivity index (χ2v) is 4.08. The number of carboxylic acids is 1. The third-order valence-corrected chi connectivity index (χ3v) is 2.56. The standard InChI is InChI=1S/C12H18N2O4/c1-9-8-10(15)14(12(13-9)18-2)7-5-3-4-6-11(16)17/h8H,3-7H2,1-2H3,(H,16,17). The molecule has 6 nitrogen and oxygen atoms in total. The second kappa shape index (κ2) is 6.78. The normalized spacial score (nSPS) is 10.3. The highest BCUT2D eigenvalue weighted by molar-refractivity contribution is 5.66. The van der Waals surface area contributed by atoms with Crippen LogP contribution in [0.15, 0.2) is 10.9 Å². The molecule has 0 atom stereocenters. The molecule has 1 aromatic rings. The van der Waals surface area contributed by atoms with E-state index in [1.807, 2.05) is 0 Å². The monoisotopic (exact) mass is 254 g/mol. The fraction of sp³-hybridized carbons (Fsp3) is 0.583. The number of rotatable bonds is 7. The minimum Gasteiger partial charge on any atom is -0.481 e. The SMILES string of the molecule is COc1nc(C)cc(=O)n1CCCCCC(=O)O. The zero-order valence-electron chi connectivity index (χ0n) is 10.7. The summed E-state index contributed by atoms with van der Waals surface area (Å²) in [5.74, 6) is -0.790. The highest BCUT2D eigenvalue weighted by Gasteiger charge is 2.06. The van der Waals surface area contributed by atoms with Crippen molar-refractivity contribution < 1.29 is 14.6 Å². The maximum absolute atomic E-state index is 11.7. The Morgan fingerprint density at radius 2 is 2.17 bits per heavy atom. The first-order chi connectivity index (χ1) is 8.54. The van der Waals surface area contributed by atoms with Gasteiger partial charge >= 0.3 is 5.97 Å². The number of aryl methyl sites for hydroxylation is 1. The first kappa shape index (κ1) is 14.2. The molecular weight excluding hydrogens is 236 g/mol. The van der Waals surface area contributed by atoms with Crippen LogP contribution >= 0.6 is 0 Å². The van der Waals surface area contributed by atoms with E-state index >= 15 is 0 Å². The summed E-state index contributed by atoms with van der Waals surface area (Å²) < 4.78 is 6.53. The van der Waals surface area contributed by atoms with Gasteiger partial charge in [-0.1, -0.05) is 6.42 Å². The fourth-order valence-electron chi connectivity index (χ4n) is 1.68. The second-order valence-electron chi connectivity index (χ2n) is 4.08. The van der Waals surface area contributed by atoms with Crippen molar-refractivity contribution in [3.63, 3.8) is 0 Å². The first-order valence-electron chi connectivity index (χ1n) is 5.89. The number of nitrogens with zero attached hydrogens (tertiary/aromatic N) is 2. The predicted octanol–water partition coefficient (Wildman–Crippen LogP) is 1.21. The van der Waals surface area contributed by atoms with Crippen LogP contribution in [-0.4, -0.2) is 27.7 Å². The molecule has 0 fully saturated rings. The fourth-order valence-corrected chi connectivity index (χ4v) is 1.68. The summed E-state index contributed by atoms with van der Waals surface area (Å²) in [5, 5.41) is 8.50. The molecule has 100 valence electrons. The van der Waals surface area contributed by atoms with Crippen LogP contribution in [0.5, 0.6) is 6.01 Å². The molecule has 0 spiro atoms. The number of hydrogen-bond donors (Lipinski definition) is 1. The number of hydrogen-bond acceptors (Lipinski definition) is 4. The number of ether oxygens (including phenoxy) is 1. The Morgan fingerprint density at radius 3 is 2.78 bits per heavy atom. The van der Waals surface area contributed by atoms with Crippen molar-refractivity contribution in [2.24, 2.45) is 0 Å². The highest BCUT2D eigenvalue weighted by Crippen LogP contribution is 2.07. The average Bonchev–Trinajstić information content (AvgIpc) is 2.30. The third-order valence-electron chi connectivity index (χ3n) is 2.56. The highest BCUT2D eigenvalue weighted by atomic mass is 16.5. The van der Waals surface area contributed by atoms with Crippen molar-refractivity contribution in [1.29, 1.82) is 0 Å². The van der Waals surface area contributed by atoms with Crippen LogP contribution in [0.1, 0.15) is 31.4 Å². The predicted molar refractivity (Wildman–Crippen MR) is 65.9 cm³/mol. The van der Waals surface area contributed by atoms with Gasteiger partial charge in [0.2, 0.25) is 0 Å². The zero-order valence-corrected chi connectivity index (χ0v) is 10.7. The minimum atomic E-state index is -0.790. The molecule has 0 saturated heterocycles. The van der Waals surface area contributed by atoms with E-state index in [0.717, 1.165) is 12.8 Å². The van der Waals surface area contributed by atoms with Gasteiger partial charge in [0.1, 0.15) is 0 Å². The molecule has 1 heterocycles. The Kier molecular flexibility index (Phi) is 5.35. The number of aromatic nitrogens is 2. The van der Waals surface area contributed by atoms with Crippen molar-refractivity contribution in [2.45, 2.75) is 39.2 Å². The Labute approximate surface area is 105 Å². The van der Waals surface area contributed by atoms with Crippen LogP contribution in [0.4, 0.5) is 0 Å². The molecular formula is C12H18N2O4. The Balaban J connectivity index is 2.56. The maximum atomic E-state index is 11.7. The van der Waals surface area contributed by atoms with Gasteiger partial charge in [0.05, 0.1) is 7.11 Å². The maximum Gasteiger partial charge on any atom is 0.303 e. The van der Waals surface area contributed by atoms with Crippen LogP contribution in [-0.2, 0) is 11.3 Å². The largest absolute Gasteiger partial charge is 0.481 e. The van der Waals surface area contributed by atoms with Gasteiger partial charge in [-0.15, -0.1) is 0 Å². The van der Waals surface area contributed by atoms with Gasteiger partial charge in [0.25, 0.3) is 11.6 Å². The minimum absolute atomic E-state index is 0.141. The number of carbonyl (C=O) groups is 1. The summed E-state index contributed by atoms with van der Waals surface area (Å²) in [6.45, 7) is 2.23. The van der Waals surface area contributed by atoms with Crippen molar-refractivity contribution in [1.82, 2.24) is 9.55 Å². The molecule has 0 aliphatic heterocycles. The quantitative estimate of drug-likeness (QED) is 0.739. The molecule has 1 N–H and O–H groups in total. The molecule has 0 saturated carbocycles. The molecule has 6 heteroatoms. The summed E-state index contributed by atoms with van der Waals surface area (Å²) in [4.78, 5) is 26.2. The number of carboxylic acid groups (broad SMARTS) is 1.